The third-order valence-electron chi connectivity index (χ3n) is 5.75. The van der Waals surface area contributed by atoms with Crippen molar-refractivity contribution in [1.82, 2.24) is 9.80 Å². The maximum absolute atomic E-state index is 5.54. The lowest BCUT2D eigenvalue weighted by atomic mass is 9.97. The molecule has 2 aromatic rings. The average Bonchev–Trinajstić information content (AvgIpc) is 2.74. The summed E-state index contributed by atoms with van der Waals surface area (Å²) in [6.45, 7) is 8.40. The first-order valence-corrected chi connectivity index (χ1v) is 10.9. The third-order valence-corrected chi connectivity index (χ3v) is 5.75. The maximum Gasteiger partial charge on any atom is 0.122 e. The van der Waals surface area contributed by atoms with Crippen LogP contribution in [0.25, 0.3) is 0 Å². The molecule has 1 heterocycles. The van der Waals surface area contributed by atoms with Crippen molar-refractivity contribution in [1.29, 1.82) is 0 Å². The molecule has 0 unspecified atom stereocenters. The predicted molar refractivity (Wildman–Crippen MR) is 120 cm³/mol. The van der Waals surface area contributed by atoms with Gasteiger partial charge in [0.2, 0.25) is 0 Å². The molecule has 2 aromatic carbocycles. The van der Waals surface area contributed by atoms with Crippen LogP contribution in [0.5, 0.6) is 11.5 Å². The van der Waals surface area contributed by atoms with Gasteiger partial charge in [-0.25, -0.2) is 0 Å². The van der Waals surface area contributed by atoms with E-state index in [1.807, 2.05) is 13.0 Å². The fraction of sp³-hybridized carbons (Fsp3) is 0.520. The van der Waals surface area contributed by atoms with E-state index in [0.717, 1.165) is 43.5 Å². The molecule has 0 spiro atoms. The summed E-state index contributed by atoms with van der Waals surface area (Å²) in [6.07, 6.45) is 3.69. The Kier molecular flexibility index (Phi) is 8.38. The van der Waals surface area contributed by atoms with E-state index in [-0.39, 0.29) is 0 Å². The van der Waals surface area contributed by atoms with E-state index >= 15 is 0 Å². The molecule has 1 fully saturated rings. The Morgan fingerprint density at radius 1 is 1.10 bits per heavy atom. The van der Waals surface area contributed by atoms with E-state index in [9.17, 15) is 0 Å². The van der Waals surface area contributed by atoms with Crippen LogP contribution in [0.3, 0.4) is 0 Å². The van der Waals surface area contributed by atoms with E-state index in [1.54, 1.807) is 7.11 Å². The van der Waals surface area contributed by atoms with Crippen LogP contribution in [0.4, 0.5) is 0 Å². The lowest BCUT2D eigenvalue weighted by Gasteiger charge is -2.35. The molecule has 0 aliphatic carbocycles. The second kappa shape index (κ2) is 11.2. The molecule has 0 radical (unpaired) electrons. The Morgan fingerprint density at radius 3 is 2.66 bits per heavy atom. The number of rotatable bonds is 10. The van der Waals surface area contributed by atoms with Gasteiger partial charge in [0.15, 0.2) is 0 Å². The summed E-state index contributed by atoms with van der Waals surface area (Å²) < 4.78 is 11.0. The molecule has 0 amide bonds. The first-order valence-electron chi connectivity index (χ1n) is 10.9. The predicted octanol–water partition coefficient (Wildman–Crippen LogP) is 4.48. The fourth-order valence-electron chi connectivity index (χ4n) is 4.37. The topological polar surface area (TPSA) is 24.9 Å². The van der Waals surface area contributed by atoms with E-state index < -0.39 is 0 Å². The molecule has 0 saturated carbocycles. The molecule has 1 atom stereocenters. The van der Waals surface area contributed by atoms with Crippen molar-refractivity contribution < 1.29 is 9.47 Å². The number of nitrogens with zero attached hydrogens (tertiary/aromatic N) is 2. The van der Waals surface area contributed by atoms with Crippen molar-refractivity contribution in [2.24, 2.45) is 5.92 Å². The van der Waals surface area contributed by atoms with Crippen molar-refractivity contribution >= 4 is 0 Å². The minimum Gasteiger partial charge on any atom is -0.496 e. The van der Waals surface area contributed by atoms with Gasteiger partial charge in [0.1, 0.15) is 11.5 Å². The summed E-state index contributed by atoms with van der Waals surface area (Å²) in [6, 6.07) is 16.9. The van der Waals surface area contributed by atoms with Gasteiger partial charge in [0, 0.05) is 26.2 Å². The second-order valence-corrected chi connectivity index (χ2v) is 8.14. The minimum absolute atomic E-state index is 0.717. The van der Waals surface area contributed by atoms with Gasteiger partial charge >= 0.3 is 0 Å². The van der Waals surface area contributed by atoms with Crippen LogP contribution >= 0.6 is 0 Å². The molecule has 0 aromatic heterocycles. The molecule has 0 bridgehead atoms. The number of piperidine rings is 1. The normalized spacial score (nSPS) is 17.4. The van der Waals surface area contributed by atoms with Crippen LogP contribution in [-0.2, 0) is 13.0 Å². The van der Waals surface area contributed by atoms with Crippen molar-refractivity contribution in [3.8, 4) is 11.5 Å². The molecule has 158 valence electrons. The zero-order valence-corrected chi connectivity index (χ0v) is 18.3. The van der Waals surface area contributed by atoms with Gasteiger partial charge in [-0.15, -0.1) is 0 Å². The number of benzene rings is 2. The fourth-order valence-corrected chi connectivity index (χ4v) is 4.37. The Morgan fingerprint density at radius 2 is 1.90 bits per heavy atom. The molecule has 3 rings (SSSR count). The Balaban J connectivity index is 1.45. The lowest BCUT2D eigenvalue weighted by Crippen LogP contribution is -2.40. The highest BCUT2D eigenvalue weighted by molar-refractivity contribution is 5.33. The molecule has 4 heteroatoms. The smallest absolute Gasteiger partial charge is 0.122 e. The van der Waals surface area contributed by atoms with Gasteiger partial charge in [0.05, 0.1) is 13.7 Å². The third kappa shape index (κ3) is 6.76. The Hall–Kier alpha value is -2.04. The second-order valence-electron chi connectivity index (χ2n) is 8.14. The molecule has 1 aliphatic heterocycles. The average molecular weight is 397 g/mol. The van der Waals surface area contributed by atoms with Gasteiger partial charge < -0.3 is 19.3 Å². The van der Waals surface area contributed by atoms with Crippen LogP contribution in [0.15, 0.2) is 48.5 Å². The van der Waals surface area contributed by atoms with Crippen LogP contribution in [0.2, 0.25) is 0 Å². The van der Waals surface area contributed by atoms with Crippen LogP contribution in [0.1, 0.15) is 30.9 Å². The van der Waals surface area contributed by atoms with E-state index in [1.165, 1.54) is 37.1 Å². The summed E-state index contributed by atoms with van der Waals surface area (Å²) in [5.41, 5.74) is 2.66. The SMILES string of the molecule is CCOc1ccc(CN(C)C[C@H]2CCCN(CCc3ccccc3OC)C2)cc1. The Labute approximate surface area is 176 Å². The summed E-state index contributed by atoms with van der Waals surface area (Å²) in [5, 5.41) is 0. The van der Waals surface area contributed by atoms with E-state index in [2.05, 4.69) is 59.3 Å². The van der Waals surface area contributed by atoms with Gasteiger partial charge in [-0.3, -0.25) is 0 Å². The molecule has 29 heavy (non-hydrogen) atoms. The number of hydrogen-bond acceptors (Lipinski definition) is 4. The first-order chi connectivity index (χ1) is 14.2. The molecule has 0 N–H and O–H groups in total. The van der Waals surface area contributed by atoms with E-state index in [0.29, 0.717) is 6.61 Å². The quantitative estimate of drug-likeness (QED) is 0.591. The summed E-state index contributed by atoms with van der Waals surface area (Å²) >= 11 is 0. The van der Waals surface area contributed by atoms with E-state index in [4.69, 9.17) is 9.47 Å². The molecule has 1 aliphatic rings. The van der Waals surface area contributed by atoms with Crippen molar-refractivity contribution in [2.75, 3.05) is 46.9 Å². The highest BCUT2D eigenvalue weighted by Gasteiger charge is 2.21. The zero-order chi connectivity index (χ0) is 20.5. The largest absolute Gasteiger partial charge is 0.496 e. The van der Waals surface area contributed by atoms with Gasteiger partial charge in [-0.05, 0) is 75.0 Å². The van der Waals surface area contributed by atoms with Gasteiger partial charge in [-0.2, -0.15) is 0 Å². The highest BCUT2D eigenvalue weighted by atomic mass is 16.5. The zero-order valence-electron chi connectivity index (χ0n) is 18.3. The molecular weight excluding hydrogens is 360 g/mol. The molecule has 4 nitrogen and oxygen atoms in total. The Bertz CT molecular complexity index is 732. The summed E-state index contributed by atoms with van der Waals surface area (Å²) in [4.78, 5) is 5.09. The van der Waals surface area contributed by atoms with Crippen molar-refractivity contribution in [3.63, 3.8) is 0 Å². The highest BCUT2D eigenvalue weighted by Crippen LogP contribution is 2.22. The number of para-hydroxylation sites is 1. The van der Waals surface area contributed by atoms with Crippen LogP contribution in [0, 0.1) is 5.92 Å². The lowest BCUT2D eigenvalue weighted by molar-refractivity contribution is 0.142. The van der Waals surface area contributed by atoms with Gasteiger partial charge in [-0.1, -0.05) is 30.3 Å². The minimum atomic E-state index is 0.717. The standard InChI is InChI=1S/C25H36N2O2/c1-4-29-24-13-11-21(12-14-24)18-26(2)19-22-8-7-16-27(20-22)17-15-23-9-5-6-10-25(23)28-3/h5-6,9-14,22H,4,7-8,15-20H2,1-3H3/t22-/m1/s1. The summed E-state index contributed by atoms with van der Waals surface area (Å²) in [5.74, 6) is 2.71. The summed E-state index contributed by atoms with van der Waals surface area (Å²) in [7, 11) is 4.00. The van der Waals surface area contributed by atoms with Gasteiger partial charge in [0.25, 0.3) is 0 Å². The van der Waals surface area contributed by atoms with Crippen molar-refractivity contribution in [2.45, 2.75) is 32.7 Å². The molecule has 1 saturated heterocycles. The first kappa shape index (κ1) is 21.7. The number of likely N-dealkylation sites (tertiary alicyclic amines) is 1. The number of ether oxygens (including phenoxy) is 2. The maximum atomic E-state index is 5.54. The monoisotopic (exact) mass is 396 g/mol. The van der Waals surface area contributed by atoms with Crippen molar-refractivity contribution in [3.05, 3.63) is 59.7 Å². The van der Waals surface area contributed by atoms with Crippen LogP contribution in [-0.4, -0.2) is 56.7 Å². The molecular formula is C25H36N2O2. The van der Waals surface area contributed by atoms with Crippen LogP contribution < -0.4 is 9.47 Å². The number of methoxy groups -OCH3 is 1. The number of hydrogen-bond donors (Lipinski definition) is 0.